The Hall–Kier alpha value is -1.36. The van der Waals surface area contributed by atoms with E-state index in [1.165, 1.54) is 0 Å². The van der Waals surface area contributed by atoms with Crippen LogP contribution in [0.5, 0.6) is 0 Å². The summed E-state index contributed by atoms with van der Waals surface area (Å²) >= 11 is 5.92. The summed E-state index contributed by atoms with van der Waals surface area (Å²) in [5, 5.41) is 0.694. The van der Waals surface area contributed by atoms with Crippen molar-refractivity contribution in [1.29, 1.82) is 0 Å². The molecule has 1 saturated carbocycles. The average molecular weight is 336 g/mol. The number of nitrogens with one attached hydrogen (secondary N) is 1. The van der Waals surface area contributed by atoms with Gasteiger partial charge in [0.25, 0.3) is 0 Å². The van der Waals surface area contributed by atoms with Crippen LogP contribution in [0, 0.1) is 6.92 Å². The van der Waals surface area contributed by atoms with Gasteiger partial charge in [-0.15, -0.1) is 0 Å². The van der Waals surface area contributed by atoms with Gasteiger partial charge < -0.3 is 0 Å². The van der Waals surface area contributed by atoms with Crippen molar-refractivity contribution in [3.05, 3.63) is 64.7 Å². The number of benzene rings is 2. The molecule has 0 unspecified atom stereocenters. The predicted molar refractivity (Wildman–Crippen MR) is 88.7 cm³/mol. The quantitative estimate of drug-likeness (QED) is 0.906. The third-order valence-corrected chi connectivity index (χ3v) is 5.86. The molecule has 116 valence electrons. The lowest BCUT2D eigenvalue weighted by Crippen LogP contribution is -2.32. The fourth-order valence-corrected chi connectivity index (χ4v) is 3.98. The van der Waals surface area contributed by atoms with Crippen LogP contribution in [0.2, 0.25) is 5.02 Å². The van der Waals surface area contributed by atoms with Gasteiger partial charge in [0.2, 0.25) is 10.0 Å². The zero-order valence-corrected chi connectivity index (χ0v) is 13.9. The number of halogens is 1. The van der Waals surface area contributed by atoms with Gasteiger partial charge in [0.1, 0.15) is 0 Å². The molecule has 0 spiro atoms. The van der Waals surface area contributed by atoms with Crippen LogP contribution in [0.25, 0.3) is 0 Å². The smallest absolute Gasteiger partial charge is 0.210 e. The molecule has 0 heterocycles. The van der Waals surface area contributed by atoms with E-state index in [4.69, 9.17) is 11.6 Å². The lowest BCUT2D eigenvalue weighted by Gasteiger charge is -2.17. The molecule has 0 aliphatic heterocycles. The molecule has 0 bridgehead atoms. The van der Waals surface area contributed by atoms with Gasteiger partial charge in [0, 0.05) is 17.0 Å². The van der Waals surface area contributed by atoms with Crippen LogP contribution in [0.3, 0.4) is 0 Å². The number of hydrogen-bond donors (Lipinski definition) is 1. The van der Waals surface area contributed by atoms with E-state index >= 15 is 0 Å². The SMILES string of the molecule is Cc1cccc(S(=O)(=O)NCC2(c3ccc(Cl)cc3)CC2)c1. The van der Waals surface area contributed by atoms with Gasteiger partial charge in [-0.3, -0.25) is 0 Å². The van der Waals surface area contributed by atoms with Gasteiger partial charge in [-0.05, 0) is 55.2 Å². The standard InChI is InChI=1S/C17H18ClNO2S/c1-13-3-2-4-16(11-13)22(20,21)19-12-17(9-10-17)14-5-7-15(18)8-6-14/h2-8,11,19H,9-10,12H2,1H3. The normalized spacial score (nSPS) is 16.5. The van der Waals surface area contributed by atoms with Crippen LogP contribution in [-0.2, 0) is 15.4 Å². The molecule has 3 nitrogen and oxygen atoms in total. The molecule has 1 fully saturated rings. The highest BCUT2D eigenvalue weighted by atomic mass is 35.5. The first-order valence-corrected chi connectivity index (χ1v) is 9.10. The molecule has 1 N–H and O–H groups in total. The summed E-state index contributed by atoms with van der Waals surface area (Å²) in [4.78, 5) is 0.319. The van der Waals surface area contributed by atoms with Crippen LogP contribution in [0.4, 0.5) is 0 Å². The Morgan fingerprint density at radius 3 is 2.41 bits per heavy atom. The molecule has 22 heavy (non-hydrogen) atoms. The molecular weight excluding hydrogens is 318 g/mol. The van der Waals surface area contributed by atoms with Crippen molar-refractivity contribution in [3.63, 3.8) is 0 Å². The summed E-state index contributed by atoms with van der Waals surface area (Å²) in [5.74, 6) is 0. The van der Waals surface area contributed by atoms with E-state index in [-0.39, 0.29) is 5.41 Å². The van der Waals surface area contributed by atoms with Gasteiger partial charge in [0.15, 0.2) is 0 Å². The molecule has 0 radical (unpaired) electrons. The third kappa shape index (κ3) is 3.19. The fourth-order valence-electron chi connectivity index (χ4n) is 2.62. The van der Waals surface area contributed by atoms with Crippen LogP contribution < -0.4 is 4.72 Å². The molecule has 0 saturated heterocycles. The number of hydrogen-bond acceptors (Lipinski definition) is 2. The summed E-state index contributed by atoms with van der Waals surface area (Å²) in [7, 11) is -3.47. The molecule has 2 aromatic carbocycles. The molecule has 0 aromatic heterocycles. The first-order valence-electron chi connectivity index (χ1n) is 7.24. The predicted octanol–water partition coefficient (Wildman–Crippen LogP) is 3.66. The topological polar surface area (TPSA) is 46.2 Å². The van der Waals surface area contributed by atoms with E-state index in [9.17, 15) is 8.42 Å². The second-order valence-electron chi connectivity index (χ2n) is 5.93. The van der Waals surface area contributed by atoms with Crippen molar-refractivity contribution in [2.24, 2.45) is 0 Å². The Morgan fingerprint density at radius 2 is 1.82 bits per heavy atom. The Morgan fingerprint density at radius 1 is 1.14 bits per heavy atom. The van der Waals surface area contributed by atoms with Crippen molar-refractivity contribution < 1.29 is 8.42 Å². The van der Waals surface area contributed by atoms with Crippen molar-refractivity contribution in [2.75, 3.05) is 6.54 Å². The summed E-state index contributed by atoms with van der Waals surface area (Å²) in [5.41, 5.74) is 1.99. The molecule has 5 heteroatoms. The minimum absolute atomic E-state index is 0.0819. The molecule has 2 aromatic rings. The van der Waals surface area contributed by atoms with Crippen LogP contribution >= 0.6 is 11.6 Å². The molecule has 0 amide bonds. The average Bonchev–Trinajstić information content (AvgIpc) is 3.27. The molecular formula is C17H18ClNO2S. The van der Waals surface area contributed by atoms with Gasteiger partial charge >= 0.3 is 0 Å². The highest BCUT2D eigenvalue weighted by molar-refractivity contribution is 7.89. The molecule has 1 aliphatic carbocycles. The number of sulfonamides is 1. The van der Waals surface area contributed by atoms with Gasteiger partial charge in [-0.2, -0.15) is 0 Å². The molecule has 3 rings (SSSR count). The highest BCUT2D eigenvalue weighted by Crippen LogP contribution is 2.48. The Balaban J connectivity index is 1.76. The molecule has 1 aliphatic rings. The summed E-state index contributed by atoms with van der Waals surface area (Å²) in [6, 6.07) is 14.6. The minimum atomic E-state index is -3.47. The van der Waals surface area contributed by atoms with E-state index < -0.39 is 10.0 Å². The largest absolute Gasteiger partial charge is 0.240 e. The second kappa shape index (κ2) is 5.69. The monoisotopic (exact) mass is 335 g/mol. The lowest BCUT2D eigenvalue weighted by molar-refractivity contribution is 0.567. The maximum absolute atomic E-state index is 12.4. The van der Waals surface area contributed by atoms with Crippen molar-refractivity contribution in [2.45, 2.75) is 30.1 Å². The van der Waals surface area contributed by atoms with E-state index in [0.717, 1.165) is 24.0 Å². The Labute approximate surface area is 136 Å². The fraction of sp³-hybridized carbons (Fsp3) is 0.294. The lowest BCUT2D eigenvalue weighted by atomic mass is 9.96. The van der Waals surface area contributed by atoms with Crippen molar-refractivity contribution in [1.82, 2.24) is 4.72 Å². The minimum Gasteiger partial charge on any atom is -0.210 e. The maximum Gasteiger partial charge on any atom is 0.240 e. The zero-order valence-electron chi connectivity index (χ0n) is 12.3. The highest BCUT2D eigenvalue weighted by Gasteiger charge is 2.44. The first-order chi connectivity index (χ1) is 10.4. The summed E-state index contributed by atoms with van der Waals surface area (Å²) < 4.78 is 27.6. The molecule has 0 atom stereocenters. The Bertz CT molecular complexity index is 781. The zero-order chi connectivity index (χ0) is 15.8. The van der Waals surface area contributed by atoms with E-state index in [1.807, 2.05) is 37.3 Å². The van der Waals surface area contributed by atoms with Gasteiger partial charge in [-0.25, -0.2) is 13.1 Å². The van der Waals surface area contributed by atoms with E-state index in [0.29, 0.717) is 16.5 Å². The maximum atomic E-state index is 12.4. The second-order valence-corrected chi connectivity index (χ2v) is 8.13. The van der Waals surface area contributed by atoms with Crippen LogP contribution in [0.15, 0.2) is 53.4 Å². The van der Waals surface area contributed by atoms with E-state index in [1.54, 1.807) is 18.2 Å². The summed E-state index contributed by atoms with van der Waals surface area (Å²) in [6.07, 6.45) is 1.98. The van der Waals surface area contributed by atoms with Gasteiger partial charge in [0.05, 0.1) is 4.90 Å². The third-order valence-electron chi connectivity index (χ3n) is 4.21. The summed E-state index contributed by atoms with van der Waals surface area (Å²) in [6.45, 7) is 2.31. The van der Waals surface area contributed by atoms with Crippen molar-refractivity contribution in [3.8, 4) is 0 Å². The number of aryl methyl sites for hydroxylation is 1. The van der Waals surface area contributed by atoms with Crippen LogP contribution in [0.1, 0.15) is 24.0 Å². The van der Waals surface area contributed by atoms with Gasteiger partial charge in [-0.1, -0.05) is 35.9 Å². The van der Waals surface area contributed by atoms with Crippen LogP contribution in [-0.4, -0.2) is 15.0 Å². The van der Waals surface area contributed by atoms with E-state index in [2.05, 4.69) is 4.72 Å². The number of rotatable bonds is 5. The first kappa shape index (κ1) is 15.5. The van der Waals surface area contributed by atoms with Crippen molar-refractivity contribution >= 4 is 21.6 Å². The Kier molecular flexibility index (Phi) is 4.02.